The van der Waals surface area contributed by atoms with E-state index in [1.165, 1.54) is 12.1 Å². The fourth-order valence-corrected chi connectivity index (χ4v) is 2.33. The van der Waals surface area contributed by atoms with Crippen LogP contribution in [-0.4, -0.2) is 18.8 Å². The number of carbonyl (C=O) groups excluding carboxylic acids is 1. The van der Waals surface area contributed by atoms with E-state index >= 15 is 0 Å². The molecule has 26 heavy (non-hydrogen) atoms. The Labute approximate surface area is 150 Å². The second kappa shape index (κ2) is 8.03. The van der Waals surface area contributed by atoms with Gasteiger partial charge in [0.25, 0.3) is 5.91 Å². The molecule has 2 aromatic rings. The standard InChI is InChI=1S/C19H20F3N3O/c1-4-17(23-3)25-16-10-13(9-8-12(16)2)18(26)24-15-7-5-6-14(11-15)19(20,21)22/h5-11H,4H2,1-3H3,(H,23,25)(H,24,26). The molecule has 0 aromatic heterocycles. The van der Waals surface area contributed by atoms with Crippen LogP contribution in [0.4, 0.5) is 24.5 Å². The number of hydrogen-bond acceptors (Lipinski definition) is 2. The van der Waals surface area contributed by atoms with Crippen molar-refractivity contribution in [2.24, 2.45) is 4.99 Å². The fourth-order valence-electron chi connectivity index (χ4n) is 2.33. The highest BCUT2D eigenvalue weighted by Crippen LogP contribution is 2.30. The molecule has 0 bridgehead atoms. The number of aryl methyl sites for hydroxylation is 1. The van der Waals surface area contributed by atoms with E-state index in [2.05, 4.69) is 15.6 Å². The van der Waals surface area contributed by atoms with Crippen molar-refractivity contribution < 1.29 is 18.0 Å². The molecule has 7 heteroatoms. The van der Waals surface area contributed by atoms with Crippen LogP contribution in [0.3, 0.4) is 0 Å². The van der Waals surface area contributed by atoms with Gasteiger partial charge >= 0.3 is 6.18 Å². The van der Waals surface area contributed by atoms with Crippen molar-refractivity contribution in [2.75, 3.05) is 17.7 Å². The van der Waals surface area contributed by atoms with E-state index < -0.39 is 17.6 Å². The van der Waals surface area contributed by atoms with E-state index in [1.54, 1.807) is 25.2 Å². The SMILES string of the molecule is CCC(=NC)Nc1cc(C(=O)Nc2cccc(C(F)(F)F)c2)ccc1C. The Hall–Kier alpha value is -2.83. The van der Waals surface area contributed by atoms with Crippen molar-refractivity contribution in [3.8, 4) is 0 Å². The molecule has 0 aliphatic rings. The smallest absolute Gasteiger partial charge is 0.344 e. The first-order valence-electron chi connectivity index (χ1n) is 8.06. The van der Waals surface area contributed by atoms with E-state index in [1.807, 2.05) is 13.8 Å². The Morgan fingerprint density at radius 3 is 2.46 bits per heavy atom. The predicted molar refractivity (Wildman–Crippen MR) is 97.8 cm³/mol. The van der Waals surface area contributed by atoms with E-state index in [0.717, 1.165) is 29.2 Å². The van der Waals surface area contributed by atoms with Crippen LogP contribution in [0.1, 0.15) is 34.8 Å². The third kappa shape index (κ3) is 4.84. The summed E-state index contributed by atoms with van der Waals surface area (Å²) in [5.74, 6) is 0.280. The molecule has 2 aromatic carbocycles. The van der Waals surface area contributed by atoms with E-state index in [-0.39, 0.29) is 5.69 Å². The van der Waals surface area contributed by atoms with Gasteiger partial charge in [0.15, 0.2) is 0 Å². The molecule has 0 atom stereocenters. The summed E-state index contributed by atoms with van der Waals surface area (Å²) in [4.78, 5) is 16.5. The van der Waals surface area contributed by atoms with Gasteiger partial charge in [0.1, 0.15) is 5.84 Å². The van der Waals surface area contributed by atoms with Crippen LogP contribution < -0.4 is 10.6 Å². The number of rotatable bonds is 4. The second-order valence-corrected chi connectivity index (χ2v) is 5.71. The summed E-state index contributed by atoms with van der Waals surface area (Å²) in [6.45, 7) is 3.84. The average molecular weight is 363 g/mol. The molecule has 0 spiro atoms. The number of nitrogens with one attached hydrogen (secondary N) is 2. The van der Waals surface area contributed by atoms with E-state index in [0.29, 0.717) is 12.0 Å². The number of alkyl halides is 3. The van der Waals surface area contributed by atoms with Crippen LogP contribution in [-0.2, 0) is 6.18 Å². The largest absolute Gasteiger partial charge is 0.416 e. The highest BCUT2D eigenvalue weighted by Gasteiger charge is 2.30. The number of benzene rings is 2. The molecular formula is C19H20F3N3O. The van der Waals surface area contributed by atoms with Gasteiger partial charge in [0, 0.05) is 30.4 Å². The third-order valence-electron chi connectivity index (χ3n) is 3.83. The normalized spacial score (nSPS) is 12.0. The van der Waals surface area contributed by atoms with Crippen molar-refractivity contribution >= 4 is 23.1 Å². The molecule has 0 aliphatic heterocycles. The first kappa shape index (κ1) is 19.5. The van der Waals surface area contributed by atoms with Crippen LogP contribution in [0.25, 0.3) is 0 Å². The summed E-state index contributed by atoms with van der Waals surface area (Å²) in [6, 6.07) is 9.58. The van der Waals surface area contributed by atoms with Gasteiger partial charge < -0.3 is 10.6 Å². The average Bonchev–Trinajstić information content (AvgIpc) is 2.60. The number of amides is 1. The topological polar surface area (TPSA) is 53.5 Å². The maximum Gasteiger partial charge on any atom is 0.416 e. The lowest BCUT2D eigenvalue weighted by molar-refractivity contribution is -0.137. The summed E-state index contributed by atoms with van der Waals surface area (Å²) in [5, 5.41) is 5.66. The zero-order valence-corrected chi connectivity index (χ0v) is 14.7. The molecular weight excluding hydrogens is 343 g/mol. The Bertz CT molecular complexity index is 829. The third-order valence-corrected chi connectivity index (χ3v) is 3.83. The first-order chi connectivity index (χ1) is 12.2. The molecule has 2 rings (SSSR count). The Kier molecular flexibility index (Phi) is 6.02. The van der Waals surface area contributed by atoms with Gasteiger partial charge in [-0.1, -0.05) is 19.1 Å². The summed E-state index contributed by atoms with van der Waals surface area (Å²) in [6.07, 6.45) is -3.76. The molecule has 0 saturated carbocycles. The number of halogens is 3. The molecule has 1 amide bonds. The molecule has 0 heterocycles. The molecule has 0 saturated heterocycles. The zero-order valence-electron chi connectivity index (χ0n) is 14.7. The van der Waals surface area contributed by atoms with Crippen molar-refractivity contribution in [3.63, 3.8) is 0 Å². The highest BCUT2D eigenvalue weighted by atomic mass is 19.4. The minimum absolute atomic E-state index is 0.0873. The minimum atomic E-state index is -4.46. The van der Waals surface area contributed by atoms with Crippen LogP contribution in [0, 0.1) is 6.92 Å². The van der Waals surface area contributed by atoms with Gasteiger partial charge in [-0.15, -0.1) is 0 Å². The maximum atomic E-state index is 12.8. The minimum Gasteiger partial charge on any atom is -0.344 e. The van der Waals surface area contributed by atoms with Gasteiger partial charge in [-0.05, 0) is 42.8 Å². The van der Waals surface area contributed by atoms with Crippen LogP contribution in [0.15, 0.2) is 47.5 Å². The second-order valence-electron chi connectivity index (χ2n) is 5.71. The number of anilines is 2. The van der Waals surface area contributed by atoms with Gasteiger partial charge in [-0.2, -0.15) is 13.2 Å². The number of amidine groups is 1. The maximum absolute atomic E-state index is 12.8. The van der Waals surface area contributed by atoms with Crippen molar-refractivity contribution in [1.29, 1.82) is 0 Å². The summed E-state index contributed by atoms with van der Waals surface area (Å²) >= 11 is 0. The van der Waals surface area contributed by atoms with Crippen molar-refractivity contribution in [2.45, 2.75) is 26.4 Å². The predicted octanol–water partition coefficient (Wildman–Crippen LogP) is 5.12. The van der Waals surface area contributed by atoms with Crippen molar-refractivity contribution in [1.82, 2.24) is 0 Å². The summed E-state index contributed by atoms with van der Waals surface area (Å²) in [7, 11) is 1.67. The van der Waals surface area contributed by atoms with E-state index in [4.69, 9.17) is 0 Å². The number of carbonyl (C=O) groups is 1. The number of aliphatic imine (C=N–C) groups is 1. The fraction of sp³-hybridized carbons (Fsp3) is 0.263. The molecule has 0 radical (unpaired) electrons. The monoisotopic (exact) mass is 363 g/mol. The lowest BCUT2D eigenvalue weighted by Crippen LogP contribution is -2.15. The molecule has 138 valence electrons. The van der Waals surface area contributed by atoms with Gasteiger partial charge in [-0.25, -0.2) is 0 Å². The molecule has 2 N–H and O–H groups in total. The Balaban J connectivity index is 2.23. The van der Waals surface area contributed by atoms with E-state index in [9.17, 15) is 18.0 Å². The highest BCUT2D eigenvalue weighted by molar-refractivity contribution is 6.05. The molecule has 4 nitrogen and oxygen atoms in total. The van der Waals surface area contributed by atoms with Crippen molar-refractivity contribution in [3.05, 3.63) is 59.2 Å². The van der Waals surface area contributed by atoms with Gasteiger partial charge in [-0.3, -0.25) is 9.79 Å². The lowest BCUT2D eigenvalue weighted by atomic mass is 10.1. The summed E-state index contributed by atoms with van der Waals surface area (Å²) < 4.78 is 38.3. The summed E-state index contributed by atoms with van der Waals surface area (Å²) in [5.41, 5.74) is 1.26. The molecule has 0 unspecified atom stereocenters. The van der Waals surface area contributed by atoms with Gasteiger partial charge in [0.2, 0.25) is 0 Å². The van der Waals surface area contributed by atoms with Crippen LogP contribution >= 0.6 is 0 Å². The molecule has 0 fully saturated rings. The number of nitrogens with zero attached hydrogens (tertiary/aromatic N) is 1. The molecule has 0 aliphatic carbocycles. The van der Waals surface area contributed by atoms with Crippen LogP contribution in [0.5, 0.6) is 0 Å². The van der Waals surface area contributed by atoms with Gasteiger partial charge in [0.05, 0.1) is 5.56 Å². The zero-order chi connectivity index (χ0) is 19.3. The Morgan fingerprint density at radius 2 is 1.85 bits per heavy atom. The van der Waals surface area contributed by atoms with Crippen LogP contribution in [0.2, 0.25) is 0 Å². The first-order valence-corrected chi connectivity index (χ1v) is 8.06. The quantitative estimate of drug-likeness (QED) is 0.585. The Morgan fingerprint density at radius 1 is 1.12 bits per heavy atom. The lowest BCUT2D eigenvalue weighted by Gasteiger charge is -2.13. The number of hydrogen-bond donors (Lipinski definition) is 2.